The maximum Gasteiger partial charge on any atom is 0.0314 e. The molecule has 1 aliphatic carbocycles. The van der Waals surface area contributed by atoms with Crippen molar-refractivity contribution in [2.75, 3.05) is 0 Å². The third-order valence-electron chi connectivity index (χ3n) is 1.49. The summed E-state index contributed by atoms with van der Waals surface area (Å²) >= 11 is 0. The van der Waals surface area contributed by atoms with Crippen molar-refractivity contribution in [2.45, 2.75) is 19.8 Å². The van der Waals surface area contributed by atoms with Gasteiger partial charge < -0.3 is 5.41 Å². The highest BCUT2D eigenvalue weighted by molar-refractivity contribution is 5.96. The second-order valence-electron chi connectivity index (χ2n) is 2.27. The molecule has 0 heterocycles. The Morgan fingerprint density at radius 2 is 2.33 bits per heavy atom. The van der Waals surface area contributed by atoms with Crippen LogP contribution in [-0.2, 0) is 0 Å². The first kappa shape index (κ1) is 6.27. The summed E-state index contributed by atoms with van der Waals surface area (Å²) < 4.78 is 0. The number of hydrogen-bond donors (Lipinski definition) is 1. The van der Waals surface area contributed by atoms with E-state index in [4.69, 9.17) is 5.41 Å². The van der Waals surface area contributed by atoms with Gasteiger partial charge in [0.15, 0.2) is 0 Å². The fourth-order valence-corrected chi connectivity index (χ4v) is 0.906. The highest BCUT2D eigenvalue weighted by Crippen LogP contribution is 2.10. The number of nitrogens with one attached hydrogen (secondary N) is 1. The zero-order chi connectivity index (χ0) is 6.69. The summed E-state index contributed by atoms with van der Waals surface area (Å²) in [5.41, 5.74) is 1.89. The molecule has 0 saturated carbocycles. The molecule has 0 aromatic carbocycles. The monoisotopic (exact) mass is 121 g/mol. The molecular formula is C8H11N. The number of allylic oxidation sites excluding steroid dienone is 4. The summed E-state index contributed by atoms with van der Waals surface area (Å²) in [6.45, 7) is 1.84. The Balaban J connectivity index is 2.61. The molecule has 0 aromatic heterocycles. The highest BCUT2D eigenvalue weighted by atomic mass is 14.4. The largest absolute Gasteiger partial charge is 0.305 e. The van der Waals surface area contributed by atoms with E-state index in [-0.39, 0.29) is 0 Å². The van der Waals surface area contributed by atoms with E-state index in [9.17, 15) is 0 Å². The lowest BCUT2D eigenvalue weighted by molar-refractivity contribution is 1.17. The summed E-state index contributed by atoms with van der Waals surface area (Å²) in [5, 5.41) is 7.29. The molecule has 0 aliphatic heterocycles. The SMILES string of the molecule is CC(=N)C1=CCC=CC1. The minimum atomic E-state index is 0.708. The Labute approximate surface area is 55.6 Å². The quantitative estimate of drug-likeness (QED) is 0.406. The van der Waals surface area contributed by atoms with Crippen molar-refractivity contribution in [1.29, 1.82) is 5.41 Å². The smallest absolute Gasteiger partial charge is 0.0314 e. The second-order valence-corrected chi connectivity index (χ2v) is 2.27. The minimum Gasteiger partial charge on any atom is -0.305 e. The molecule has 1 nitrogen and oxygen atoms in total. The Morgan fingerprint density at radius 3 is 2.67 bits per heavy atom. The van der Waals surface area contributed by atoms with E-state index in [2.05, 4.69) is 18.2 Å². The van der Waals surface area contributed by atoms with E-state index in [1.165, 1.54) is 5.57 Å². The summed E-state index contributed by atoms with van der Waals surface area (Å²) in [5.74, 6) is 0. The van der Waals surface area contributed by atoms with Crippen molar-refractivity contribution < 1.29 is 0 Å². The molecule has 0 radical (unpaired) electrons. The molecule has 0 fully saturated rings. The molecule has 1 aliphatic rings. The van der Waals surface area contributed by atoms with Crippen molar-refractivity contribution in [2.24, 2.45) is 0 Å². The lowest BCUT2D eigenvalue weighted by Crippen LogP contribution is -1.95. The average molecular weight is 121 g/mol. The lowest BCUT2D eigenvalue weighted by atomic mass is 10.0. The first-order valence-corrected chi connectivity index (χ1v) is 3.20. The van der Waals surface area contributed by atoms with Gasteiger partial charge in [0.1, 0.15) is 0 Å². The molecule has 0 atom stereocenters. The fourth-order valence-electron chi connectivity index (χ4n) is 0.906. The summed E-state index contributed by atoms with van der Waals surface area (Å²) in [7, 11) is 0. The van der Waals surface area contributed by atoms with Crippen LogP contribution in [0, 0.1) is 5.41 Å². The van der Waals surface area contributed by atoms with Gasteiger partial charge in [-0.15, -0.1) is 0 Å². The van der Waals surface area contributed by atoms with Gasteiger partial charge in [-0.3, -0.25) is 0 Å². The number of rotatable bonds is 1. The van der Waals surface area contributed by atoms with Gasteiger partial charge >= 0.3 is 0 Å². The summed E-state index contributed by atoms with van der Waals surface area (Å²) in [6, 6.07) is 0. The van der Waals surface area contributed by atoms with Gasteiger partial charge in [-0.25, -0.2) is 0 Å². The van der Waals surface area contributed by atoms with E-state index in [0.717, 1.165) is 12.8 Å². The zero-order valence-corrected chi connectivity index (χ0v) is 5.65. The molecule has 9 heavy (non-hydrogen) atoms. The van der Waals surface area contributed by atoms with Gasteiger partial charge in [0, 0.05) is 5.71 Å². The molecular weight excluding hydrogens is 110 g/mol. The maximum atomic E-state index is 7.29. The Kier molecular flexibility index (Phi) is 1.83. The predicted octanol–water partition coefficient (Wildman–Crippen LogP) is 2.30. The predicted molar refractivity (Wildman–Crippen MR) is 39.9 cm³/mol. The van der Waals surface area contributed by atoms with Crippen LogP contribution in [0.1, 0.15) is 19.8 Å². The van der Waals surface area contributed by atoms with Crippen LogP contribution in [0.3, 0.4) is 0 Å². The Morgan fingerprint density at radius 1 is 1.56 bits per heavy atom. The van der Waals surface area contributed by atoms with Gasteiger partial charge in [-0.05, 0) is 25.3 Å². The van der Waals surface area contributed by atoms with Gasteiger partial charge in [-0.1, -0.05) is 18.2 Å². The standard InChI is InChI=1S/C8H11N/c1-7(9)8-5-3-2-4-6-8/h2-3,6,9H,4-5H2,1H3. The van der Waals surface area contributed by atoms with Crippen molar-refractivity contribution in [3.05, 3.63) is 23.8 Å². The second kappa shape index (κ2) is 2.62. The Hall–Kier alpha value is -0.850. The van der Waals surface area contributed by atoms with Crippen molar-refractivity contribution in [1.82, 2.24) is 0 Å². The molecule has 0 spiro atoms. The van der Waals surface area contributed by atoms with Crippen LogP contribution in [0.25, 0.3) is 0 Å². The average Bonchev–Trinajstić information content (AvgIpc) is 1.90. The molecule has 1 N–H and O–H groups in total. The minimum absolute atomic E-state index is 0.708. The van der Waals surface area contributed by atoms with Crippen LogP contribution in [0.5, 0.6) is 0 Å². The van der Waals surface area contributed by atoms with Gasteiger partial charge in [0.25, 0.3) is 0 Å². The normalized spacial score (nSPS) is 17.2. The Bertz CT molecular complexity index is 175. The van der Waals surface area contributed by atoms with E-state index in [1.807, 2.05) is 6.92 Å². The molecule has 48 valence electrons. The first-order valence-electron chi connectivity index (χ1n) is 3.20. The molecule has 0 bridgehead atoms. The third kappa shape index (κ3) is 1.53. The molecule has 0 saturated heterocycles. The highest BCUT2D eigenvalue weighted by Gasteiger charge is 1.98. The molecule has 1 heteroatoms. The van der Waals surface area contributed by atoms with E-state index >= 15 is 0 Å². The topological polar surface area (TPSA) is 23.9 Å². The van der Waals surface area contributed by atoms with Crippen molar-refractivity contribution in [3.8, 4) is 0 Å². The zero-order valence-electron chi connectivity index (χ0n) is 5.65. The van der Waals surface area contributed by atoms with Crippen LogP contribution in [0.4, 0.5) is 0 Å². The maximum absolute atomic E-state index is 7.29. The molecule has 0 amide bonds. The van der Waals surface area contributed by atoms with Crippen LogP contribution in [-0.4, -0.2) is 5.71 Å². The fraction of sp³-hybridized carbons (Fsp3) is 0.375. The number of hydrogen-bond acceptors (Lipinski definition) is 1. The third-order valence-corrected chi connectivity index (χ3v) is 1.49. The van der Waals surface area contributed by atoms with Crippen molar-refractivity contribution >= 4 is 5.71 Å². The van der Waals surface area contributed by atoms with Crippen LogP contribution < -0.4 is 0 Å². The summed E-state index contributed by atoms with van der Waals surface area (Å²) in [4.78, 5) is 0. The van der Waals surface area contributed by atoms with E-state index in [1.54, 1.807) is 0 Å². The van der Waals surface area contributed by atoms with E-state index < -0.39 is 0 Å². The van der Waals surface area contributed by atoms with Gasteiger partial charge in [0.2, 0.25) is 0 Å². The molecule has 0 aromatic rings. The first-order chi connectivity index (χ1) is 4.30. The summed E-state index contributed by atoms with van der Waals surface area (Å²) in [6.07, 6.45) is 8.32. The van der Waals surface area contributed by atoms with Crippen molar-refractivity contribution in [3.63, 3.8) is 0 Å². The van der Waals surface area contributed by atoms with Crippen LogP contribution in [0.15, 0.2) is 23.8 Å². The van der Waals surface area contributed by atoms with Gasteiger partial charge in [0.05, 0.1) is 0 Å². The van der Waals surface area contributed by atoms with Gasteiger partial charge in [-0.2, -0.15) is 0 Å². The van der Waals surface area contributed by atoms with Crippen LogP contribution in [0.2, 0.25) is 0 Å². The molecule has 1 rings (SSSR count). The van der Waals surface area contributed by atoms with E-state index in [0.29, 0.717) is 5.71 Å². The lowest BCUT2D eigenvalue weighted by Gasteiger charge is -2.04. The van der Waals surface area contributed by atoms with Crippen LogP contribution >= 0.6 is 0 Å². The molecule has 0 unspecified atom stereocenters.